The molecular formula is C13H11ClN6. The Morgan fingerprint density at radius 1 is 1.10 bits per heavy atom. The van der Waals surface area contributed by atoms with Crippen LogP contribution in [0.4, 0.5) is 17.2 Å². The van der Waals surface area contributed by atoms with Gasteiger partial charge in [0.2, 0.25) is 0 Å². The Morgan fingerprint density at radius 3 is 2.60 bits per heavy atom. The highest BCUT2D eigenvalue weighted by molar-refractivity contribution is 6.30. The van der Waals surface area contributed by atoms with Crippen LogP contribution >= 0.6 is 11.6 Å². The lowest BCUT2D eigenvalue weighted by molar-refractivity contribution is 1.10. The number of nitrogens with one attached hydrogen (secondary N) is 2. The average Bonchev–Trinajstić information content (AvgIpc) is 3.08. The molecule has 0 bridgehead atoms. The highest BCUT2D eigenvalue weighted by Crippen LogP contribution is 2.33. The van der Waals surface area contributed by atoms with E-state index in [0.717, 1.165) is 5.69 Å². The summed E-state index contributed by atoms with van der Waals surface area (Å²) in [6, 6.07) is 10.8. The molecule has 0 amide bonds. The molecule has 0 fully saturated rings. The number of nitrogens with zero attached hydrogens (tertiary/aromatic N) is 3. The van der Waals surface area contributed by atoms with E-state index in [4.69, 9.17) is 17.3 Å². The summed E-state index contributed by atoms with van der Waals surface area (Å²) in [5.41, 5.74) is 8.54. The summed E-state index contributed by atoms with van der Waals surface area (Å²) in [6.45, 7) is 0. The zero-order valence-corrected chi connectivity index (χ0v) is 11.1. The third-order valence-electron chi connectivity index (χ3n) is 2.73. The minimum absolute atomic E-state index is 0.298. The number of halogens is 1. The number of anilines is 1. The van der Waals surface area contributed by atoms with Crippen molar-refractivity contribution in [2.45, 2.75) is 0 Å². The summed E-state index contributed by atoms with van der Waals surface area (Å²) in [5.74, 6) is 0.298. The molecule has 6 nitrogen and oxygen atoms in total. The Bertz CT molecular complexity index is 727. The molecule has 0 radical (unpaired) electrons. The predicted octanol–water partition coefficient (Wildman–Crippen LogP) is 4.06. The SMILES string of the molecule is Nc1n[nH]c(-c2ccc[nH]2)c1N=Nc1ccc(Cl)cc1. The van der Waals surface area contributed by atoms with E-state index in [1.54, 1.807) is 24.3 Å². The van der Waals surface area contributed by atoms with Gasteiger partial charge in [-0.05, 0) is 36.4 Å². The van der Waals surface area contributed by atoms with Crippen LogP contribution in [0.5, 0.6) is 0 Å². The van der Waals surface area contributed by atoms with Crippen LogP contribution in [0.25, 0.3) is 11.4 Å². The van der Waals surface area contributed by atoms with Gasteiger partial charge < -0.3 is 10.7 Å². The van der Waals surface area contributed by atoms with Crippen molar-refractivity contribution in [1.82, 2.24) is 15.2 Å². The summed E-state index contributed by atoms with van der Waals surface area (Å²) in [4.78, 5) is 3.07. The number of azo groups is 1. The molecule has 100 valence electrons. The Labute approximate surface area is 119 Å². The van der Waals surface area contributed by atoms with Gasteiger partial charge in [0.05, 0.1) is 11.4 Å². The van der Waals surface area contributed by atoms with E-state index in [2.05, 4.69) is 25.4 Å². The van der Waals surface area contributed by atoms with Crippen molar-refractivity contribution in [2.75, 3.05) is 5.73 Å². The first kappa shape index (κ1) is 12.4. The molecule has 3 aromatic rings. The van der Waals surface area contributed by atoms with Gasteiger partial charge in [0.1, 0.15) is 5.69 Å². The van der Waals surface area contributed by atoms with E-state index < -0.39 is 0 Å². The molecule has 0 unspecified atom stereocenters. The van der Waals surface area contributed by atoms with Gasteiger partial charge >= 0.3 is 0 Å². The van der Waals surface area contributed by atoms with Crippen LogP contribution in [0.3, 0.4) is 0 Å². The van der Waals surface area contributed by atoms with E-state index >= 15 is 0 Å². The third-order valence-corrected chi connectivity index (χ3v) is 2.98. The van der Waals surface area contributed by atoms with Crippen molar-refractivity contribution in [3.8, 4) is 11.4 Å². The molecule has 7 heteroatoms. The maximum Gasteiger partial charge on any atom is 0.173 e. The van der Waals surface area contributed by atoms with Crippen LogP contribution in [-0.2, 0) is 0 Å². The van der Waals surface area contributed by atoms with Gasteiger partial charge in [-0.2, -0.15) is 10.2 Å². The topological polar surface area (TPSA) is 95.2 Å². The molecule has 0 aliphatic rings. The number of aromatic nitrogens is 3. The van der Waals surface area contributed by atoms with Crippen molar-refractivity contribution in [1.29, 1.82) is 0 Å². The minimum Gasteiger partial charge on any atom is -0.380 e. The van der Waals surface area contributed by atoms with Gasteiger partial charge in [-0.15, -0.1) is 5.11 Å². The molecule has 20 heavy (non-hydrogen) atoms. The fourth-order valence-electron chi connectivity index (χ4n) is 1.74. The van der Waals surface area contributed by atoms with Crippen LogP contribution in [0.1, 0.15) is 0 Å². The monoisotopic (exact) mass is 286 g/mol. The van der Waals surface area contributed by atoms with Crippen LogP contribution in [0.15, 0.2) is 52.8 Å². The first-order valence-corrected chi connectivity index (χ1v) is 6.27. The number of nitrogens with two attached hydrogens (primary N) is 1. The second kappa shape index (κ2) is 5.18. The van der Waals surface area contributed by atoms with Crippen LogP contribution in [-0.4, -0.2) is 15.2 Å². The molecule has 3 rings (SSSR count). The molecule has 0 atom stereocenters. The highest BCUT2D eigenvalue weighted by Gasteiger charge is 2.12. The van der Waals surface area contributed by atoms with Crippen LogP contribution < -0.4 is 5.73 Å². The maximum atomic E-state index is 5.82. The molecule has 0 saturated heterocycles. The van der Waals surface area contributed by atoms with E-state index in [1.807, 2.05) is 18.3 Å². The number of rotatable bonds is 3. The molecule has 0 spiro atoms. The van der Waals surface area contributed by atoms with Gasteiger partial charge in [0, 0.05) is 11.2 Å². The zero-order valence-electron chi connectivity index (χ0n) is 10.3. The largest absolute Gasteiger partial charge is 0.380 e. The van der Waals surface area contributed by atoms with Crippen LogP contribution in [0.2, 0.25) is 5.02 Å². The summed E-state index contributed by atoms with van der Waals surface area (Å²) >= 11 is 5.82. The molecular weight excluding hydrogens is 276 g/mol. The fourth-order valence-corrected chi connectivity index (χ4v) is 1.87. The summed E-state index contributed by atoms with van der Waals surface area (Å²) in [5, 5.41) is 15.7. The minimum atomic E-state index is 0.298. The molecule has 0 saturated carbocycles. The van der Waals surface area contributed by atoms with Gasteiger partial charge in [-0.1, -0.05) is 11.6 Å². The number of hydrogen-bond donors (Lipinski definition) is 3. The molecule has 0 aliphatic heterocycles. The zero-order chi connectivity index (χ0) is 13.9. The first-order chi connectivity index (χ1) is 9.74. The number of benzene rings is 1. The van der Waals surface area contributed by atoms with Gasteiger partial charge in [-0.3, -0.25) is 5.10 Å². The number of aromatic amines is 2. The number of hydrogen-bond acceptors (Lipinski definition) is 4. The maximum absolute atomic E-state index is 5.82. The number of nitrogen functional groups attached to an aromatic ring is 1. The lowest BCUT2D eigenvalue weighted by Crippen LogP contribution is -1.83. The summed E-state index contributed by atoms with van der Waals surface area (Å²) in [6.07, 6.45) is 1.81. The Kier molecular flexibility index (Phi) is 3.22. The quantitative estimate of drug-likeness (QED) is 0.633. The standard InChI is InChI=1S/C13H11ClN6/c14-8-3-5-9(6-4-8)17-19-12-11(18-20-13(12)15)10-2-1-7-16-10/h1-7,16H,(H3,15,18,20). The van der Waals surface area contributed by atoms with Crippen molar-refractivity contribution >= 4 is 28.8 Å². The average molecular weight is 287 g/mol. The fraction of sp³-hybridized carbons (Fsp3) is 0. The van der Waals surface area contributed by atoms with Crippen molar-refractivity contribution in [2.24, 2.45) is 10.2 Å². The molecule has 4 N–H and O–H groups in total. The smallest absolute Gasteiger partial charge is 0.173 e. The lowest BCUT2D eigenvalue weighted by atomic mass is 10.3. The molecule has 2 aromatic heterocycles. The Morgan fingerprint density at radius 2 is 1.90 bits per heavy atom. The number of H-pyrrole nitrogens is 2. The lowest BCUT2D eigenvalue weighted by Gasteiger charge is -1.96. The van der Waals surface area contributed by atoms with Crippen molar-refractivity contribution < 1.29 is 0 Å². The molecule has 2 heterocycles. The predicted molar refractivity (Wildman–Crippen MR) is 78.4 cm³/mol. The van der Waals surface area contributed by atoms with Crippen molar-refractivity contribution in [3.63, 3.8) is 0 Å². The molecule has 1 aromatic carbocycles. The van der Waals surface area contributed by atoms with E-state index in [1.165, 1.54) is 0 Å². The van der Waals surface area contributed by atoms with Gasteiger partial charge in [0.25, 0.3) is 0 Å². The van der Waals surface area contributed by atoms with E-state index in [-0.39, 0.29) is 0 Å². The Hall–Kier alpha value is -2.60. The molecule has 0 aliphatic carbocycles. The summed E-state index contributed by atoms with van der Waals surface area (Å²) in [7, 11) is 0. The van der Waals surface area contributed by atoms with Gasteiger partial charge in [-0.25, -0.2) is 0 Å². The van der Waals surface area contributed by atoms with E-state index in [9.17, 15) is 0 Å². The normalized spacial score (nSPS) is 11.2. The van der Waals surface area contributed by atoms with Gasteiger partial charge in [0.15, 0.2) is 11.5 Å². The van der Waals surface area contributed by atoms with Crippen molar-refractivity contribution in [3.05, 3.63) is 47.6 Å². The van der Waals surface area contributed by atoms with Crippen LogP contribution in [0, 0.1) is 0 Å². The summed E-state index contributed by atoms with van der Waals surface area (Å²) < 4.78 is 0. The van der Waals surface area contributed by atoms with E-state index in [0.29, 0.717) is 27.9 Å². The first-order valence-electron chi connectivity index (χ1n) is 5.89. The Balaban J connectivity index is 1.95. The highest BCUT2D eigenvalue weighted by atomic mass is 35.5. The second-order valence-corrected chi connectivity index (χ2v) is 4.53. The third kappa shape index (κ3) is 2.41. The second-order valence-electron chi connectivity index (χ2n) is 4.09.